The summed E-state index contributed by atoms with van der Waals surface area (Å²) in [5.41, 5.74) is 7.87. The fraction of sp³-hybridized carbons (Fsp3) is 0.0833. The van der Waals surface area contributed by atoms with Crippen LogP contribution in [0.3, 0.4) is 0 Å². The van der Waals surface area contributed by atoms with E-state index in [-0.39, 0.29) is 0 Å². The van der Waals surface area contributed by atoms with Gasteiger partial charge in [0.05, 0.1) is 23.0 Å². The van der Waals surface area contributed by atoms with E-state index in [0.717, 1.165) is 16.7 Å². The summed E-state index contributed by atoms with van der Waals surface area (Å²) in [6.07, 6.45) is 0. The Morgan fingerprint density at radius 3 is 2.82 bits per heavy atom. The molecule has 0 radical (unpaired) electrons. The molecule has 0 aliphatic heterocycles. The van der Waals surface area contributed by atoms with Crippen LogP contribution in [-0.2, 0) is 6.54 Å². The molecular weight excluding hydrogens is 298 g/mol. The van der Waals surface area contributed by atoms with Crippen molar-refractivity contribution in [2.24, 2.45) is 0 Å². The minimum absolute atomic E-state index is 0.576. The van der Waals surface area contributed by atoms with Crippen molar-refractivity contribution in [3.05, 3.63) is 44.6 Å². The van der Waals surface area contributed by atoms with Gasteiger partial charge in [-0.15, -0.1) is 11.3 Å². The number of nitriles is 1. The van der Waals surface area contributed by atoms with Crippen LogP contribution in [0.2, 0.25) is 0 Å². The second-order valence-electron chi connectivity index (χ2n) is 3.50. The van der Waals surface area contributed by atoms with Gasteiger partial charge in [-0.1, -0.05) is 0 Å². The van der Waals surface area contributed by atoms with E-state index in [1.165, 1.54) is 4.88 Å². The first-order chi connectivity index (χ1) is 8.19. The first-order valence-electron chi connectivity index (χ1n) is 4.95. The summed E-state index contributed by atoms with van der Waals surface area (Å²) in [5, 5.41) is 14.0. The van der Waals surface area contributed by atoms with E-state index in [1.807, 2.05) is 11.4 Å². The zero-order valence-electron chi connectivity index (χ0n) is 8.90. The Labute approximate surface area is 112 Å². The Morgan fingerprint density at radius 2 is 2.24 bits per heavy atom. The summed E-state index contributed by atoms with van der Waals surface area (Å²) >= 11 is 5.09. The minimum Gasteiger partial charge on any atom is -0.397 e. The molecule has 2 rings (SSSR count). The van der Waals surface area contributed by atoms with E-state index >= 15 is 0 Å². The standard InChI is InChI=1S/C12H10BrN3S/c13-9-4-10(17-7-9)6-16-12-2-1-8(5-14)3-11(12)15/h1-4,7,16H,6,15H2. The van der Waals surface area contributed by atoms with E-state index in [0.29, 0.717) is 11.3 Å². The zero-order chi connectivity index (χ0) is 12.3. The van der Waals surface area contributed by atoms with Crippen LogP contribution in [0.1, 0.15) is 10.4 Å². The number of benzene rings is 1. The SMILES string of the molecule is N#Cc1ccc(NCc2cc(Br)cs2)c(N)c1. The first kappa shape index (κ1) is 12.0. The lowest BCUT2D eigenvalue weighted by Crippen LogP contribution is -2.01. The predicted molar refractivity (Wildman–Crippen MR) is 74.9 cm³/mol. The summed E-state index contributed by atoms with van der Waals surface area (Å²) in [6, 6.07) is 9.38. The number of thiophene rings is 1. The number of halogens is 1. The normalized spacial score (nSPS) is 9.88. The fourth-order valence-electron chi connectivity index (χ4n) is 1.42. The number of nitrogen functional groups attached to an aromatic ring is 1. The molecule has 17 heavy (non-hydrogen) atoms. The van der Waals surface area contributed by atoms with E-state index in [1.54, 1.807) is 23.5 Å². The molecule has 3 N–H and O–H groups in total. The second-order valence-corrected chi connectivity index (χ2v) is 5.41. The molecule has 0 unspecified atom stereocenters. The maximum Gasteiger partial charge on any atom is 0.0992 e. The lowest BCUT2D eigenvalue weighted by atomic mass is 10.2. The number of hydrogen-bond donors (Lipinski definition) is 2. The van der Waals surface area contributed by atoms with Gasteiger partial charge in [0.15, 0.2) is 0 Å². The Balaban J connectivity index is 2.07. The van der Waals surface area contributed by atoms with Crippen LogP contribution >= 0.6 is 27.3 Å². The number of nitrogens with zero attached hydrogens (tertiary/aromatic N) is 1. The highest BCUT2D eigenvalue weighted by atomic mass is 79.9. The van der Waals surface area contributed by atoms with E-state index in [9.17, 15) is 0 Å². The Bertz CT molecular complexity index is 571. The molecule has 86 valence electrons. The van der Waals surface area contributed by atoms with Gasteiger partial charge >= 0.3 is 0 Å². The monoisotopic (exact) mass is 307 g/mol. The molecule has 1 heterocycles. The first-order valence-corrected chi connectivity index (χ1v) is 6.62. The molecule has 1 aromatic carbocycles. The van der Waals surface area contributed by atoms with Crippen molar-refractivity contribution in [3.8, 4) is 6.07 Å². The van der Waals surface area contributed by atoms with Crippen LogP contribution in [0.5, 0.6) is 0 Å². The van der Waals surface area contributed by atoms with Gasteiger partial charge in [0.25, 0.3) is 0 Å². The molecule has 0 spiro atoms. The van der Waals surface area contributed by atoms with Crippen LogP contribution in [0.4, 0.5) is 11.4 Å². The highest BCUT2D eigenvalue weighted by Gasteiger charge is 2.02. The summed E-state index contributed by atoms with van der Waals surface area (Å²) in [4.78, 5) is 1.22. The van der Waals surface area contributed by atoms with Crippen molar-refractivity contribution < 1.29 is 0 Å². The summed E-state index contributed by atoms with van der Waals surface area (Å²) < 4.78 is 1.09. The lowest BCUT2D eigenvalue weighted by molar-refractivity contribution is 1.19. The number of hydrogen-bond acceptors (Lipinski definition) is 4. The van der Waals surface area contributed by atoms with Crippen molar-refractivity contribution in [2.75, 3.05) is 11.1 Å². The molecule has 0 fully saturated rings. The fourth-order valence-corrected chi connectivity index (χ4v) is 2.81. The third-order valence-corrected chi connectivity index (χ3v) is 3.95. The van der Waals surface area contributed by atoms with Gasteiger partial charge in [-0.2, -0.15) is 5.26 Å². The molecule has 0 saturated heterocycles. The smallest absolute Gasteiger partial charge is 0.0992 e. The van der Waals surface area contributed by atoms with Crippen LogP contribution in [0.15, 0.2) is 34.1 Å². The molecular formula is C12H10BrN3S. The molecule has 5 heteroatoms. The quantitative estimate of drug-likeness (QED) is 0.852. The van der Waals surface area contributed by atoms with Crippen molar-refractivity contribution in [1.82, 2.24) is 0 Å². The number of anilines is 2. The van der Waals surface area contributed by atoms with Crippen molar-refractivity contribution in [3.63, 3.8) is 0 Å². The van der Waals surface area contributed by atoms with Crippen molar-refractivity contribution >= 4 is 38.6 Å². The van der Waals surface area contributed by atoms with Gasteiger partial charge in [0, 0.05) is 21.3 Å². The third kappa shape index (κ3) is 2.99. The van der Waals surface area contributed by atoms with E-state index in [2.05, 4.69) is 33.4 Å². The molecule has 0 aliphatic rings. The number of nitrogens with two attached hydrogens (primary N) is 1. The molecule has 3 nitrogen and oxygen atoms in total. The maximum absolute atomic E-state index is 8.73. The summed E-state index contributed by atoms with van der Waals surface area (Å²) in [7, 11) is 0. The molecule has 0 saturated carbocycles. The highest BCUT2D eigenvalue weighted by molar-refractivity contribution is 9.10. The summed E-state index contributed by atoms with van der Waals surface area (Å²) in [6.45, 7) is 0.729. The van der Waals surface area contributed by atoms with Gasteiger partial charge in [-0.05, 0) is 40.2 Å². The molecule has 1 aromatic heterocycles. The predicted octanol–water partition coefficient (Wildman–Crippen LogP) is 3.58. The van der Waals surface area contributed by atoms with Crippen LogP contribution in [0, 0.1) is 11.3 Å². The van der Waals surface area contributed by atoms with Gasteiger partial charge < -0.3 is 11.1 Å². The van der Waals surface area contributed by atoms with Crippen molar-refractivity contribution in [2.45, 2.75) is 6.54 Å². The second kappa shape index (κ2) is 5.21. The Kier molecular flexibility index (Phi) is 3.67. The van der Waals surface area contributed by atoms with E-state index in [4.69, 9.17) is 11.0 Å². The van der Waals surface area contributed by atoms with Gasteiger partial charge in [0.1, 0.15) is 0 Å². The van der Waals surface area contributed by atoms with Gasteiger partial charge in [-0.3, -0.25) is 0 Å². The third-order valence-electron chi connectivity index (χ3n) is 2.26. The summed E-state index contributed by atoms with van der Waals surface area (Å²) in [5.74, 6) is 0. The number of rotatable bonds is 3. The average Bonchev–Trinajstić information content (AvgIpc) is 2.73. The van der Waals surface area contributed by atoms with Crippen LogP contribution in [0.25, 0.3) is 0 Å². The number of nitrogens with one attached hydrogen (secondary N) is 1. The molecule has 0 amide bonds. The average molecular weight is 308 g/mol. The lowest BCUT2D eigenvalue weighted by Gasteiger charge is -2.08. The maximum atomic E-state index is 8.73. The molecule has 0 bridgehead atoms. The van der Waals surface area contributed by atoms with Crippen molar-refractivity contribution in [1.29, 1.82) is 5.26 Å². The molecule has 0 atom stereocenters. The molecule has 0 aliphatic carbocycles. The minimum atomic E-state index is 0.576. The topological polar surface area (TPSA) is 61.8 Å². The van der Waals surface area contributed by atoms with Gasteiger partial charge in [-0.25, -0.2) is 0 Å². The Morgan fingerprint density at radius 1 is 1.41 bits per heavy atom. The zero-order valence-corrected chi connectivity index (χ0v) is 11.3. The van der Waals surface area contributed by atoms with E-state index < -0.39 is 0 Å². The largest absolute Gasteiger partial charge is 0.397 e. The van der Waals surface area contributed by atoms with Crippen LogP contribution < -0.4 is 11.1 Å². The highest BCUT2D eigenvalue weighted by Crippen LogP contribution is 2.23. The molecule has 2 aromatic rings. The van der Waals surface area contributed by atoms with Crippen LogP contribution in [-0.4, -0.2) is 0 Å². The van der Waals surface area contributed by atoms with Gasteiger partial charge in [0.2, 0.25) is 0 Å². The Hall–Kier alpha value is -1.51.